The molecule has 0 atom stereocenters. The van der Waals surface area contributed by atoms with Crippen LogP contribution < -0.4 is 0 Å². The maximum atomic E-state index is 13.0. The van der Waals surface area contributed by atoms with Crippen LogP contribution in [0.2, 0.25) is 0 Å². The molecule has 17 heavy (non-hydrogen) atoms. The third kappa shape index (κ3) is 2.20. The minimum atomic E-state index is -2.75. The number of hydrogen-bond donors (Lipinski definition) is 1. The van der Waals surface area contributed by atoms with Crippen LogP contribution in [0.4, 0.5) is 8.78 Å². The van der Waals surface area contributed by atoms with Crippen molar-refractivity contribution < 1.29 is 13.9 Å². The Kier molecular flexibility index (Phi) is 2.96. The van der Waals surface area contributed by atoms with Gasteiger partial charge in [-0.05, 0) is 23.3 Å². The van der Waals surface area contributed by atoms with E-state index in [0.29, 0.717) is 15.6 Å². The zero-order chi connectivity index (χ0) is 12.7. The van der Waals surface area contributed by atoms with E-state index in [1.807, 2.05) is 6.07 Å². The Labute approximate surface area is 106 Å². The summed E-state index contributed by atoms with van der Waals surface area (Å²) in [6, 6.07) is 6.96. The molecule has 0 heterocycles. The molecule has 5 heteroatoms. The van der Waals surface area contributed by atoms with Gasteiger partial charge in [0.2, 0.25) is 0 Å². The Balaban J connectivity index is 2.40. The fraction of sp³-hybridized carbons (Fsp3) is 0.417. The van der Waals surface area contributed by atoms with Crippen LogP contribution in [0.1, 0.15) is 24.0 Å². The van der Waals surface area contributed by atoms with Gasteiger partial charge < -0.3 is 5.11 Å². The van der Waals surface area contributed by atoms with E-state index in [9.17, 15) is 8.78 Å². The van der Waals surface area contributed by atoms with Gasteiger partial charge in [-0.1, -0.05) is 22.0 Å². The SMILES string of the molecule is N#CC1(c2cc(Br)cc(CO)c2)CC(F)(F)C1. The van der Waals surface area contributed by atoms with Crippen molar-refractivity contribution in [2.24, 2.45) is 0 Å². The average Bonchev–Trinajstić information content (AvgIpc) is 2.24. The van der Waals surface area contributed by atoms with Crippen molar-refractivity contribution >= 4 is 15.9 Å². The number of aliphatic hydroxyl groups excluding tert-OH is 1. The number of nitrogens with zero attached hydrogens (tertiary/aromatic N) is 1. The molecule has 0 spiro atoms. The van der Waals surface area contributed by atoms with Gasteiger partial charge in [-0.2, -0.15) is 5.26 Å². The lowest BCUT2D eigenvalue weighted by atomic mass is 9.63. The lowest BCUT2D eigenvalue weighted by Crippen LogP contribution is -2.48. The van der Waals surface area contributed by atoms with Crippen LogP contribution >= 0.6 is 15.9 Å². The minimum Gasteiger partial charge on any atom is -0.392 e. The largest absolute Gasteiger partial charge is 0.392 e. The van der Waals surface area contributed by atoms with Gasteiger partial charge in [0.15, 0.2) is 0 Å². The smallest absolute Gasteiger partial charge is 0.251 e. The van der Waals surface area contributed by atoms with E-state index in [4.69, 9.17) is 10.4 Å². The molecular weight excluding hydrogens is 292 g/mol. The molecule has 0 radical (unpaired) electrons. The summed E-state index contributed by atoms with van der Waals surface area (Å²) in [4.78, 5) is 0. The first kappa shape index (κ1) is 12.5. The molecule has 1 aliphatic carbocycles. The van der Waals surface area contributed by atoms with Gasteiger partial charge >= 0.3 is 0 Å². The maximum absolute atomic E-state index is 13.0. The Morgan fingerprint density at radius 2 is 2.00 bits per heavy atom. The highest BCUT2D eigenvalue weighted by Crippen LogP contribution is 2.53. The molecule has 2 nitrogen and oxygen atoms in total. The van der Waals surface area contributed by atoms with E-state index in [1.165, 1.54) is 0 Å². The van der Waals surface area contributed by atoms with Crippen LogP contribution in [0.25, 0.3) is 0 Å². The molecule has 1 fully saturated rings. The van der Waals surface area contributed by atoms with Gasteiger partial charge in [-0.25, -0.2) is 8.78 Å². The molecule has 0 saturated heterocycles. The lowest BCUT2D eigenvalue weighted by molar-refractivity contribution is -0.109. The summed E-state index contributed by atoms with van der Waals surface area (Å²) in [5.74, 6) is -2.75. The van der Waals surface area contributed by atoms with Gasteiger partial charge in [0.1, 0.15) is 0 Å². The molecule has 2 rings (SSSR count). The second-order valence-corrected chi connectivity index (χ2v) is 5.33. The first-order chi connectivity index (χ1) is 7.91. The highest BCUT2D eigenvalue weighted by atomic mass is 79.9. The molecule has 0 amide bonds. The fourth-order valence-corrected chi connectivity index (χ4v) is 2.74. The van der Waals surface area contributed by atoms with Gasteiger partial charge in [0, 0.05) is 17.3 Å². The molecular formula is C12H10BrF2NO. The van der Waals surface area contributed by atoms with E-state index in [1.54, 1.807) is 18.2 Å². The van der Waals surface area contributed by atoms with Gasteiger partial charge in [-0.3, -0.25) is 0 Å². The number of aliphatic hydroxyl groups is 1. The maximum Gasteiger partial charge on any atom is 0.251 e. The second-order valence-electron chi connectivity index (χ2n) is 4.41. The number of hydrogen-bond acceptors (Lipinski definition) is 2. The summed E-state index contributed by atoms with van der Waals surface area (Å²) < 4.78 is 26.6. The third-order valence-corrected chi connectivity index (χ3v) is 3.49. The first-order valence-corrected chi connectivity index (χ1v) is 5.90. The zero-order valence-electron chi connectivity index (χ0n) is 8.88. The van der Waals surface area contributed by atoms with Crippen molar-refractivity contribution in [2.45, 2.75) is 30.8 Å². The van der Waals surface area contributed by atoms with Crippen molar-refractivity contribution in [1.29, 1.82) is 5.26 Å². The lowest BCUT2D eigenvalue weighted by Gasteiger charge is -2.42. The molecule has 1 N–H and O–H groups in total. The van der Waals surface area contributed by atoms with E-state index in [0.717, 1.165) is 0 Å². The Morgan fingerprint density at radius 3 is 2.47 bits per heavy atom. The predicted octanol–water partition coefficient (Wildman–Crippen LogP) is 3.13. The number of halogens is 3. The quantitative estimate of drug-likeness (QED) is 0.912. The van der Waals surface area contributed by atoms with Gasteiger partial charge in [-0.15, -0.1) is 0 Å². The van der Waals surface area contributed by atoms with E-state index < -0.39 is 24.2 Å². The summed E-state index contributed by atoms with van der Waals surface area (Å²) in [5.41, 5.74) is 0.0422. The van der Waals surface area contributed by atoms with E-state index in [-0.39, 0.29) is 6.61 Å². The molecule has 1 aromatic rings. The molecule has 0 aromatic heterocycles. The molecule has 0 aliphatic heterocycles. The summed E-state index contributed by atoms with van der Waals surface area (Å²) >= 11 is 3.25. The number of nitriles is 1. The molecule has 0 unspecified atom stereocenters. The normalized spacial score (nSPS) is 20.4. The van der Waals surface area contributed by atoms with Crippen molar-refractivity contribution in [1.82, 2.24) is 0 Å². The highest BCUT2D eigenvalue weighted by Gasteiger charge is 2.58. The Morgan fingerprint density at radius 1 is 1.35 bits per heavy atom. The summed E-state index contributed by atoms with van der Waals surface area (Å²) in [6.07, 6.45) is -0.893. The second kappa shape index (κ2) is 4.04. The van der Waals surface area contributed by atoms with Crippen LogP contribution in [0, 0.1) is 11.3 Å². The Hall–Kier alpha value is -0.990. The van der Waals surface area contributed by atoms with Crippen molar-refractivity contribution in [2.75, 3.05) is 0 Å². The van der Waals surface area contributed by atoms with Crippen LogP contribution in [0.15, 0.2) is 22.7 Å². The van der Waals surface area contributed by atoms with Crippen LogP contribution in [-0.2, 0) is 12.0 Å². The monoisotopic (exact) mass is 301 g/mol. The van der Waals surface area contributed by atoms with Crippen LogP contribution in [0.3, 0.4) is 0 Å². The van der Waals surface area contributed by atoms with Crippen molar-refractivity contribution in [3.63, 3.8) is 0 Å². The van der Waals surface area contributed by atoms with E-state index in [2.05, 4.69) is 15.9 Å². The summed E-state index contributed by atoms with van der Waals surface area (Å²) in [5, 5.41) is 18.2. The van der Waals surface area contributed by atoms with Crippen LogP contribution in [-0.4, -0.2) is 11.0 Å². The molecule has 90 valence electrons. The standard InChI is InChI=1S/C12H10BrF2NO/c13-10-2-8(4-17)1-9(3-10)11(7-16)5-12(14,15)6-11/h1-3,17H,4-6H2. The first-order valence-electron chi connectivity index (χ1n) is 5.11. The summed E-state index contributed by atoms with van der Waals surface area (Å²) in [7, 11) is 0. The average molecular weight is 302 g/mol. The molecule has 1 aromatic carbocycles. The molecule has 1 saturated carbocycles. The topological polar surface area (TPSA) is 44.0 Å². The van der Waals surface area contributed by atoms with E-state index >= 15 is 0 Å². The predicted molar refractivity (Wildman–Crippen MR) is 61.5 cm³/mol. The number of alkyl halides is 2. The zero-order valence-corrected chi connectivity index (χ0v) is 10.5. The number of benzene rings is 1. The van der Waals surface area contributed by atoms with Crippen LogP contribution in [0.5, 0.6) is 0 Å². The van der Waals surface area contributed by atoms with Gasteiger partial charge in [0.05, 0.1) is 18.1 Å². The molecule has 1 aliphatic rings. The third-order valence-electron chi connectivity index (χ3n) is 3.03. The Bertz CT molecular complexity index is 488. The minimum absolute atomic E-state index is 0.176. The van der Waals surface area contributed by atoms with Gasteiger partial charge in [0.25, 0.3) is 5.92 Å². The molecule has 0 bridgehead atoms. The fourth-order valence-electron chi connectivity index (χ4n) is 2.20. The number of rotatable bonds is 2. The summed E-state index contributed by atoms with van der Waals surface area (Å²) in [6.45, 7) is -0.176. The van der Waals surface area contributed by atoms with Crippen molar-refractivity contribution in [3.8, 4) is 6.07 Å². The van der Waals surface area contributed by atoms with Crippen molar-refractivity contribution in [3.05, 3.63) is 33.8 Å². The highest BCUT2D eigenvalue weighted by molar-refractivity contribution is 9.10.